The minimum atomic E-state index is 0.770. The van der Waals surface area contributed by atoms with Gasteiger partial charge >= 0.3 is 0 Å². The predicted octanol–water partition coefficient (Wildman–Crippen LogP) is 4.33. The van der Waals surface area contributed by atoms with Gasteiger partial charge in [-0.3, -0.25) is 0 Å². The Morgan fingerprint density at radius 1 is 1.46 bits per heavy atom. The monoisotopic (exact) mass is 275 g/mol. The van der Waals surface area contributed by atoms with Crippen LogP contribution < -0.4 is 0 Å². The lowest BCUT2D eigenvalue weighted by molar-refractivity contribution is 1.32. The van der Waals surface area contributed by atoms with Crippen LogP contribution in [0.3, 0.4) is 0 Å². The molecular weight excluding hydrogens is 270 g/mol. The molecule has 2 aromatic rings. The number of hydrogen-bond donors (Lipinski definition) is 0. The lowest BCUT2D eigenvalue weighted by atomic mass is 10.2. The summed E-state index contributed by atoms with van der Waals surface area (Å²) in [5, 5.41) is 1.82. The van der Waals surface area contributed by atoms with Crippen molar-refractivity contribution in [2.24, 2.45) is 0 Å². The van der Waals surface area contributed by atoms with Crippen LogP contribution in [-0.4, -0.2) is 4.98 Å². The summed E-state index contributed by atoms with van der Waals surface area (Å²) in [5.41, 5.74) is 2.19. The maximum atomic E-state index is 6.13. The van der Waals surface area contributed by atoms with E-state index in [9.17, 15) is 0 Å². The van der Waals surface area contributed by atoms with Crippen LogP contribution in [0, 0.1) is 13.8 Å². The number of hydrogen-bond acceptors (Lipinski definition) is 2. The first kappa shape index (κ1) is 9.44. The van der Waals surface area contributed by atoms with Gasteiger partial charge in [0, 0.05) is 4.47 Å². The van der Waals surface area contributed by atoms with Gasteiger partial charge in [0.2, 0.25) is 0 Å². The normalized spacial score (nSPS) is 11.1. The summed E-state index contributed by atoms with van der Waals surface area (Å²) in [4.78, 5) is 4.43. The Balaban J connectivity index is 2.95. The molecule has 1 nitrogen and oxygen atoms in total. The third kappa shape index (κ3) is 1.49. The van der Waals surface area contributed by atoms with Gasteiger partial charge in [-0.2, -0.15) is 0 Å². The van der Waals surface area contributed by atoms with Gasteiger partial charge in [0.1, 0.15) is 0 Å². The topological polar surface area (TPSA) is 12.9 Å². The van der Waals surface area contributed by atoms with E-state index in [0.717, 1.165) is 30.3 Å². The van der Waals surface area contributed by atoms with E-state index in [1.807, 2.05) is 19.9 Å². The number of aromatic nitrogens is 1. The summed E-state index contributed by atoms with van der Waals surface area (Å²) in [5.74, 6) is 0. The van der Waals surface area contributed by atoms with Gasteiger partial charge in [-0.05, 0) is 41.4 Å². The lowest BCUT2D eigenvalue weighted by Gasteiger charge is -1.99. The molecule has 0 aliphatic heterocycles. The third-order valence-electron chi connectivity index (χ3n) is 1.86. The van der Waals surface area contributed by atoms with Crippen LogP contribution in [0.25, 0.3) is 10.2 Å². The molecule has 0 saturated carbocycles. The average Bonchev–Trinajstić information content (AvgIpc) is 2.44. The van der Waals surface area contributed by atoms with Crippen molar-refractivity contribution in [1.29, 1.82) is 0 Å². The van der Waals surface area contributed by atoms with Gasteiger partial charge in [0.25, 0.3) is 0 Å². The van der Waals surface area contributed by atoms with Gasteiger partial charge in [0.05, 0.1) is 20.2 Å². The molecule has 0 N–H and O–H groups in total. The fraction of sp³-hybridized carbons (Fsp3) is 0.222. The Kier molecular flexibility index (Phi) is 2.34. The molecule has 0 spiro atoms. The van der Waals surface area contributed by atoms with Crippen molar-refractivity contribution in [3.05, 3.63) is 26.1 Å². The van der Waals surface area contributed by atoms with Crippen molar-refractivity contribution >= 4 is 49.1 Å². The van der Waals surface area contributed by atoms with E-state index in [4.69, 9.17) is 11.6 Å². The molecule has 0 aliphatic rings. The second kappa shape index (κ2) is 3.23. The van der Waals surface area contributed by atoms with Crippen LogP contribution >= 0.6 is 38.9 Å². The van der Waals surface area contributed by atoms with E-state index >= 15 is 0 Å². The number of nitrogens with zero attached hydrogens (tertiary/aromatic N) is 1. The van der Waals surface area contributed by atoms with E-state index in [0.29, 0.717) is 0 Å². The highest BCUT2D eigenvalue weighted by Gasteiger charge is 2.10. The first-order chi connectivity index (χ1) is 6.09. The first-order valence-corrected chi connectivity index (χ1v) is 5.80. The van der Waals surface area contributed by atoms with Crippen molar-refractivity contribution in [2.45, 2.75) is 13.8 Å². The Morgan fingerprint density at radius 3 is 2.85 bits per heavy atom. The standard InChI is InChI=1S/C9H7BrClNS/c1-4-3-6(10)7(11)9-8(4)12-5(2)13-9/h3H,1-2H3. The SMILES string of the molecule is Cc1nc2c(C)cc(Br)c(Cl)c2s1. The molecule has 0 bridgehead atoms. The van der Waals surface area contributed by atoms with Crippen LogP contribution in [0.1, 0.15) is 10.6 Å². The van der Waals surface area contributed by atoms with Crippen LogP contribution in [-0.2, 0) is 0 Å². The zero-order valence-corrected chi connectivity index (χ0v) is 10.3. The van der Waals surface area contributed by atoms with E-state index in [-0.39, 0.29) is 0 Å². The van der Waals surface area contributed by atoms with Gasteiger partial charge in [-0.1, -0.05) is 11.6 Å². The Labute approximate surface area is 93.9 Å². The number of thiazole rings is 1. The van der Waals surface area contributed by atoms with Crippen LogP contribution in [0.2, 0.25) is 5.02 Å². The Hall–Kier alpha value is -0.120. The van der Waals surface area contributed by atoms with Gasteiger partial charge < -0.3 is 0 Å². The molecule has 4 heteroatoms. The van der Waals surface area contributed by atoms with Crippen molar-refractivity contribution < 1.29 is 0 Å². The highest BCUT2D eigenvalue weighted by molar-refractivity contribution is 9.10. The number of halogens is 2. The molecule has 68 valence electrons. The molecule has 1 aromatic carbocycles. The quantitative estimate of drug-likeness (QED) is 0.698. The largest absolute Gasteiger partial charge is 0.241 e. The molecule has 0 unspecified atom stereocenters. The van der Waals surface area contributed by atoms with Crippen LogP contribution in [0.5, 0.6) is 0 Å². The van der Waals surface area contributed by atoms with Crippen molar-refractivity contribution in [3.63, 3.8) is 0 Å². The molecular formula is C9H7BrClNS. The molecule has 13 heavy (non-hydrogen) atoms. The lowest BCUT2D eigenvalue weighted by Crippen LogP contribution is -1.78. The Morgan fingerprint density at radius 2 is 2.15 bits per heavy atom. The number of fused-ring (bicyclic) bond motifs is 1. The molecule has 2 rings (SSSR count). The highest BCUT2D eigenvalue weighted by Crippen LogP contribution is 2.36. The summed E-state index contributed by atoms with van der Waals surface area (Å²) in [6, 6.07) is 2.00. The van der Waals surface area contributed by atoms with Gasteiger partial charge in [-0.15, -0.1) is 11.3 Å². The van der Waals surface area contributed by atoms with Gasteiger partial charge in [0.15, 0.2) is 0 Å². The fourth-order valence-electron chi connectivity index (χ4n) is 1.27. The van der Waals surface area contributed by atoms with Crippen molar-refractivity contribution in [2.75, 3.05) is 0 Å². The summed E-state index contributed by atoms with van der Waals surface area (Å²) < 4.78 is 2.02. The molecule has 0 radical (unpaired) electrons. The predicted molar refractivity (Wildman–Crippen MR) is 61.8 cm³/mol. The highest BCUT2D eigenvalue weighted by atomic mass is 79.9. The molecule has 0 atom stereocenters. The number of aryl methyl sites for hydroxylation is 2. The number of rotatable bonds is 0. The van der Waals surface area contributed by atoms with Crippen molar-refractivity contribution in [3.8, 4) is 0 Å². The molecule has 1 heterocycles. The average molecular weight is 277 g/mol. The second-order valence-electron chi connectivity index (χ2n) is 2.90. The fourth-order valence-corrected chi connectivity index (χ4v) is 3.14. The summed E-state index contributed by atoms with van der Waals surface area (Å²) in [6.07, 6.45) is 0. The molecule has 0 aliphatic carbocycles. The van der Waals surface area contributed by atoms with E-state index < -0.39 is 0 Å². The molecule has 0 amide bonds. The van der Waals surface area contributed by atoms with Crippen molar-refractivity contribution in [1.82, 2.24) is 4.98 Å². The molecule has 0 fully saturated rings. The van der Waals surface area contributed by atoms with Gasteiger partial charge in [-0.25, -0.2) is 4.98 Å². The van der Waals surface area contributed by atoms with Crippen LogP contribution in [0.4, 0.5) is 0 Å². The zero-order chi connectivity index (χ0) is 9.59. The summed E-state index contributed by atoms with van der Waals surface area (Å²) >= 11 is 11.2. The Bertz CT molecular complexity index is 478. The van der Waals surface area contributed by atoms with Crippen LogP contribution in [0.15, 0.2) is 10.5 Å². The summed E-state index contributed by atoms with van der Waals surface area (Å²) in [7, 11) is 0. The maximum Gasteiger partial charge on any atom is 0.0908 e. The second-order valence-corrected chi connectivity index (χ2v) is 5.34. The molecule has 0 saturated heterocycles. The van der Waals surface area contributed by atoms with E-state index in [1.54, 1.807) is 11.3 Å². The van der Waals surface area contributed by atoms with E-state index in [1.165, 1.54) is 0 Å². The van der Waals surface area contributed by atoms with E-state index in [2.05, 4.69) is 20.9 Å². The minimum Gasteiger partial charge on any atom is -0.241 e. The minimum absolute atomic E-state index is 0.770. The number of benzene rings is 1. The first-order valence-electron chi connectivity index (χ1n) is 3.81. The molecule has 1 aromatic heterocycles. The third-order valence-corrected chi connectivity index (χ3v) is 4.21. The smallest absolute Gasteiger partial charge is 0.0908 e. The zero-order valence-electron chi connectivity index (χ0n) is 7.19. The summed E-state index contributed by atoms with van der Waals surface area (Å²) in [6.45, 7) is 4.04. The maximum absolute atomic E-state index is 6.13.